The van der Waals surface area contributed by atoms with Crippen molar-refractivity contribution >= 4 is 62.7 Å². The van der Waals surface area contributed by atoms with Gasteiger partial charge >= 0.3 is 0 Å². The van der Waals surface area contributed by atoms with Crippen molar-refractivity contribution in [2.75, 3.05) is 4.90 Å². The normalized spacial score (nSPS) is 15.8. The first kappa shape index (κ1) is 23.4. The minimum absolute atomic E-state index is 0.124. The molecule has 5 rings (SSSR count). The summed E-state index contributed by atoms with van der Waals surface area (Å²) in [6.07, 6.45) is 1.87. The van der Waals surface area contributed by atoms with E-state index in [1.165, 1.54) is 23.1 Å². The van der Waals surface area contributed by atoms with Gasteiger partial charge in [0.15, 0.2) is 5.17 Å². The summed E-state index contributed by atoms with van der Waals surface area (Å²) in [5.74, 6) is 0.595. The Kier molecular flexibility index (Phi) is 6.99. The van der Waals surface area contributed by atoms with Gasteiger partial charge in [0.1, 0.15) is 12.4 Å². The van der Waals surface area contributed by atoms with Gasteiger partial charge in [0.05, 0.1) is 16.3 Å². The summed E-state index contributed by atoms with van der Waals surface area (Å²) >= 11 is 8.75. The molecular weight excluding hydrogens is 498 g/mol. The molecule has 1 amide bonds. The third kappa shape index (κ3) is 5.65. The third-order valence-corrected chi connectivity index (χ3v) is 7.17. The summed E-state index contributed by atoms with van der Waals surface area (Å²) in [6, 6.07) is 24.8. The first-order valence-electron chi connectivity index (χ1n) is 10.8. The summed E-state index contributed by atoms with van der Waals surface area (Å²) in [7, 11) is 0. The molecule has 4 aromatic rings. The van der Waals surface area contributed by atoms with Gasteiger partial charge in [0.25, 0.3) is 5.91 Å². The summed E-state index contributed by atoms with van der Waals surface area (Å²) in [5, 5.41) is 3.84. The lowest BCUT2D eigenvalue weighted by atomic mass is 10.2. The second kappa shape index (κ2) is 10.5. The molecule has 8 heteroatoms. The molecule has 0 unspecified atom stereocenters. The topological polar surface area (TPSA) is 54.8 Å². The van der Waals surface area contributed by atoms with Gasteiger partial charge in [0.2, 0.25) is 5.13 Å². The molecule has 1 saturated heterocycles. The van der Waals surface area contributed by atoms with E-state index in [1.54, 1.807) is 4.90 Å². The number of para-hydroxylation sites is 1. The number of aryl methyl sites for hydroxylation is 1. The Balaban J connectivity index is 1.41. The molecule has 1 aliphatic rings. The molecule has 0 aliphatic carbocycles. The fourth-order valence-electron chi connectivity index (χ4n) is 3.42. The molecule has 1 fully saturated rings. The smallest absolute Gasteiger partial charge is 0.271 e. The van der Waals surface area contributed by atoms with Gasteiger partial charge in [0, 0.05) is 10.4 Å². The first-order chi connectivity index (χ1) is 17.0. The summed E-state index contributed by atoms with van der Waals surface area (Å²) in [6.45, 7) is 2.35. The van der Waals surface area contributed by atoms with Crippen LogP contribution < -0.4 is 9.64 Å². The van der Waals surface area contributed by atoms with Gasteiger partial charge in [-0.25, -0.2) is 4.98 Å². The Morgan fingerprint density at radius 1 is 1.06 bits per heavy atom. The van der Waals surface area contributed by atoms with Crippen LogP contribution in [-0.2, 0) is 11.4 Å². The second-order valence-corrected chi connectivity index (χ2v) is 10.0. The van der Waals surface area contributed by atoms with Crippen LogP contribution in [0.5, 0.6) is 5.75 Å². The van der Waals surface area contributed by atoms with E-state index in [2.05, 4.69) is 9.98 Å². The van der Waals surface area contributed by atoms with Crippen molar-refractivity contribution in [3.05, 3.63) is 111 Å². The average Bonchev–Trinajstić information content (AvgIpc) is 3.41. The number of thioether (sulfide) groups is 1. The minimum Gasteiger partial charge on any atom is -0.489 e. The Hall–Kier alpha value is -3.39. The van der Waals surface area contributed by atoms with Gasteiger partial charge < -0.3 is 4.74 Å². The number of ether oxygens (including phenoxy) is 1. The van der Waals surface area contributed by atoms with Crippen LogP contribution in [0.15, 0.2) is 94.1 Å². The zero-order valence-corrected chi connectivity index (χ0v) is 21.1. The predicted octanol–water partition coefficient (Wildman–Crippen LogP) is 7.49. The lowest BCUT2D eigenvalue weighted by molar-refractivity contribution is -0.113. The van der Waals surface area contributed by atoms with Crippen molar-refractivity contribution < 1.29 is 9.53 Å². The van der Waals surface area contributed by atoms with Crippen LogP contribution in [0.2, 0.25) is 5.02 Å². The van der Waals surface area contributed by atoms with E-state index in [0.717, 1.165) is 28.3 Å². The summed E-state index contributed by atoms with van der Waals surface area (Å²) in [4.78, 5) is 24.8. The monoisotopic (exact) mass is 517 g/mol. The Bertz CT molecular complexity index is 1420. The highest BCUT2D eigenvalue weighted by molar-refractivity contribution is 8.19. The fraction of sp³-hybridized carbons (Fsp3) is 0.0741. The van der Waals surface area contributed by atoms with Crippen molar-refractivity contribution in [1.29, 1.82) is 0 Å². The molecule has 5 nitrogen and oxygen atoms in total. The lowest BCUT2D eigenvalue weighted by Gasteiger charge is -2.14. The number of rotatable bonds is 6. The van der Waals surface area contributed by atoms with E-state index in [0.29, 0.717) is 26.8 Å². The number of aliphatic imine (C=N–C) groups is 1. The van der Waals surface area contributed by atoms with Gasteiger partial charge in [-0.15, -0.1) is 11.3 Å². The zero-order chi connectivity index (χ0) is 24.2. The molecule has 0 saturated carbocycles. The van der Waals surface area contributed by atoms with Crippen LogP contribution in [-0.4, -0.2) is 16.1 Å². The van der Waals surface area contributed by atoms with E-state index in [-0.39, 0.29) is 5.91 Å². The van der Waals surface area contributed by atoms with Crippen LogP contribution in [0, 0.1) is 6.92 Å². The number of amides is 1. The molecule has 3 aromatic carbocycles. The fourth-order valence-corrected chi connectivity index (χ4v) is 5.25. The molecule has 1 aromatic heterocycles. The van der Waals surface area contributed by atoms with E-state index in [9.17, 15) is 4.79 Å². The maximum Gasteiger partial charge on any atom is 0.271 e. The number of thiazole rings is 1. The zero-order valence-electron chi connectivity index (χ0n) is 18.7. The van der Waals surface area contributed by atoms with Crippen molar-refractivity contribution in [2.45, 2.75) is 13.5 Å². The van der Waals surface area contributed by atoms with Crippen LogP contribution >= 0.6 is 34.7 Å². The number of hydrogen-bond donors (Lipinski definition) is 0. The van der Waals surface area contributed by atoms with Crippen molar-refractivity contribution in [3.63, 3.8) is 0 Å². The number of nitrogens with zero attached hydrogens (tertiary/aromatic N) is 3. The van der Waals surface area contributed by atoms with Gasteiger partial charge in [-0.2, -0.15) is 4.99 Å². The Morgan fingerprint density at radius 3 is 2.60 bits per heavy atom. The lowest BCUT2D eigenvalue weighted by Crippen LogP contribution is -2.28. The molecule has 0 radical (unpaired) electrons. The summed E-state index contributed by atoms with van der Waals surface area (Å²) < 4.78 is 5.95. The number of aromatic nitrogens is 1. The third-order valence-electron chi connectivity index (χ3n) is 5.09. The molecule has 0 atom stereocenters. The summed E-state index contributed by atoms with van der Waals surface area (Å²) in [5.41, 5.74) is 3.56. The minimum atomic E-state index is -0.124. The van der Waals surface area contributed by atoms with Crippen molar-refractivity contribution in [1.82, 2.24) is 4.98 Å². The first-order valence-corrected chi connectivity index (χ1v) is 12.9. The van der Waals surface area contributed by atoms with Crippen LogP contribution in [0.1, 0.15) is 16.8 Å². The van der Waals surface area contributed by atoms with Crippen LogP contribution in [0.3, 0.4) is 0 Å². The predicted molar refractivity (Wildman–Crippen MR) is 146 cm³/mol. The highest BCUT2D eigenvalue weighted by atomic mass is 35.5. The SMILES string of the molecule is Cc1csc(/N=C2/S/C(=C\c3cccc(OCc4ccc(Cl)cc4)c3)C(=O)N2c2ccccc2)n1. The molecule has 2 heterocycles. The number of carbonyl (C=O) groups is 1. The largest absolute Gasteiger partial charge is 0.489 e. The van der Waals surface area contributed by atoms with Crippen molar-refractivity contribution in [3.8, 4) is 5.75 Å². The molecule has 1 aliphatic heterocycles. The van der Waals surface area contributed by atoms with Gasteiger partial charge in [-0.1, -0.05) is 54.1 Å². The van der Waals surface area contributed by atoms with E-state index >= 15 is 0 Å². The standard InChI is InChI=1S/C27H20ClN3O2S2/c1-18-17-34-26(29-18)30-27-31(22-7-3-2-4-8-22)25(32)24(35-27)15-20-6-5-9-23(14-20)33-16-19-10-12-21(28)13-11-19/h2-15,17H,16H2,1H3/b24-15-,30-27+. The Labute approximate surface area is 216 Å². The maximum atomic E-state index is 13.4. The molecular formula is C27H20ClN3O2S2. The van der Waals surface area contributed by atoms with Gasteiger partial charge in [-0.05, 0) is 72.3 Å². The van der Waals surface area contributed by atoms with E-state index < -0.39 is 0 Å². The highest BCUT2D eigenvalue weighted by Crippen LogP contribution is 2.38. The quantitative estimate of drug-likeness (QED) is 0.248. The average molecular weight is 518 g/mol. The molecule has 0 spiro atoms. The number of benzene rings is 3. The molecule has 0 bridgehead atoms. The van der Waals surface area contributed by atoms with Crippen molar-refractivity contribution in [2.24, 2.45) is 4.99 Å². The van der Waals surface area contributed by atoms with Crippen LogP contribution in [0.25, 0.3) is 6.08 Å². The number of carbonyl (C=O) groups excluding carboxylic acids is 1. The van der Waals surface area contributed by atoms with Crippen LogP contribution in [0.4, 0.5) is 10.8 Å². The molecule has 35 heavy (non-hydrogen) atoms. The van der Waals surface area contributed by atoms with Gasteiger partial charge in [-0.3, -0.25) is 9.69 Å². The van der Waals surface area contributed by atoms with E-state index in [1.807, 2.05) is 97.2 Å². The highest BCUT2D eigenvalue weighted by Gasteiger charge is 2.35. The number of hydrogen-bond acceptors (Lipinski definition) is 6. The Morgan fingerprint density at radius 2 is 1.86 bits per heavy atom. The molecule has 0 N–H and O–H groups in total. The number of amidine groups is 1. The maximum absolute atomic E-state index is 13.4. The van der Waals surface area contributed by atoms with E-state index in [4.69, 9.17) is 16.3 Å². The second-order valence-electron chi connectivity index (χ2n) is 7.74. The molecule has 174 valence electrons. The number of halogens is 1. The number of anilines is 1.